The van der Waals surface area contributed by atoms with Crippen LogP contribution < -0.4 is 26.0 Å². The van der Waals surface area contributed by atoms with Gasteiger partial charge in [0.1, 0.15) is 23.3 Å². The number of hydrogen-bond donors (Lipinski definition) is 3. The van der Waals surface area contributed by atoms with E-state index < -0.39 is 29.5 Å². The van der Waals surface area contributed by atoms with E-state index in [1.807, 2.05) is 6.92 Å². The fourth-order valence-corrected chi connectivity index (χ4v) is 2.97. The van der Waals surface area contributed by atoms with Gasteiger partial charge in [-0.15, -0.1) is 0 Å². The number of hydrogen-bond acceptors (Lipinski definition) is 8. The molecule has 2 amide bonds. The average molecular weight is 477 g/mol. The summed E-state index contributed by atoms with van der Waals surface area (Å²) >= 11 is 0. The van der Waals surface area contributed by atoms with Crippen molar-refractivity contribution in [3.8, 4) is 5.75 Å². The zero-order valence-corrected chi connectivity index (χ0v) is 20.7. The molecule has 1 heterocycles. The SMILES string of the molecule is CCc1nc(C(N)=O)c(Nc2cc(F)cc(O[C@@H](C)CNC(=O)OC(C)(C)C)c2)nc1N(C)C. The Morgan fingerprint density at radius 1 is 1.21 bits per heavy atom. The lowest BCUT2D eigenvalue weighted by molar-refractivity contribution is 0.0504. The molecule has 0 radical (unpaired) electrons. The molecule has 10 nitrogen and oxygen atoms in total. The quantitative estimate of drug-likeness (QED) is 0.502. The van der Waals surface area contributed by atoms with Crippen LogP contribution >= 0.6 is 0 Å². The molecule has 0 saturated heterocycles. The largest absolute Gasteiger partial charge is 0.489 e. The first-order valence-corrected chi connectivity index (χ1v) is 10.9. The standard InChI is InChI=1S/C23H33FN6O4/c1-8-17-21(30(6)7)29-20(18(28-17)19(25)31)27-15-9-14(24)10-16(11-15)33-13(2)12-26-22(32)34-23(3,4)5/h9-11,13H,8,12H2,1-7H3,(H2,25,31)(H,26,32)(H,27,29)/t13-/m0/s1. The summed E-state index contributed by atoms with van der Waals surface area (Å²) < 4.78 is 25.3. The van der Waals surface area contributed by atoms with Gasteiger partial charge in [-0.1, -0.05) is 6.92 Å². The average Bonchev–Trinajstić information content (AvgIpc) is 2.70. The molecule has 0 aliphatic carbocycles. The summed E-state index contributed by atoms with van der Waals surface area (Å²) in [5, 5.41) is 5.53. The van der Waals surface area contributed by atoms with Crippen molar-refractivity contribution in [2.24, 2.45) is 5.73 Å². The molecule has 0 spiro atoms. The zero-order chi connectivity index (χ0) is 25.6. The Kier molecular flexibility index (Phi) is 8.61. The number of amides is 2. The second-order valence-electron chi connectivity index (χ2n) is 8.92. The molecule has 11 heteroatoms. The minimum absolute atomic E-state index is 0.0518. The number of halogens is 1. The lowest BCUT2D eigenvalue weighted by Gasteiger charge is -2.21. The van der Waals surface area contributed by atoms with Crippen LogP contribution in [0, 0.1) is 5.82 Å². The first-order chi connectivity index (χ1) is 15.8. The highest BCUT2D eigenvalue weighted by Crippen LogP contribution is 2.27. The summed E-state index contributed by atoms with van der Waals surface area (Å²) in [6, 6.07) is 3.98. The van der Waals surface area contributed by atoms with Crippen molar-refractivity contribution in [2.45, 2.75) is 52.7 Å². The minimum atomic E-state index is -0.760. The number of rotatable bonds is 9. The highest BCUT2D eigenvalue weighted by molar-refractivity contribution is 5.96. The number of carbonyl (C=O) groups excluding carboxylic acids is 2. The maximum Gasteiger partial charge on any atom is 0.407 e. The Bertz CT molecular complexity index is 1040. The second kappa shape index (κ2) is 11.0. The van der Waals surface area contributed by atoms with Crippen LogP contribution in [0.5, 0.6) is 5.75 Å². The smallest absolute Gasteiger partial charge is 0.407 e. The molecule has 0 aliphatic heterocycles. The molecule has 1 aromatic carbocycles. The molecule has 0 unspecified atom stereocenters. The molecule has 2 aromatic rings. The van der Waals surface area contributed by atoms with Gasteiger partial charge in [-0.3, -0.25) is 4.79 Å². The number of aryl methyl sites for hydroxylation is 1. The van der Waals surface area contributed by atoms with Crippen LogP contribution in [0.3, 0.4) is 0 Å². The van der Waals surface area contributed by atoms with E-state index in [0.29, 0.717) is 17.9 Å². The molecule has 34 heavy (non-hydrogen) atoms. The van der Waals surface area contributed by atoms with Crippen LogP contribution in [0.2, 0.25) is 0 Å². The number of anilines is 3. The van der Waals surface area contributed by atoms with E-state index >= 15 is 0 Å². The number of primary amides is 1. The maximum absolute atomic E-state index is 14.3. The second-order valence-corrected chi connectivity index (χ2v) is 8.92. The summed E-state index contributed by atoms with van der Waals surface area (Å²) in [6.07, 6.45) is -0.504. The summed E-state index contributed by atoms with van der Waals surface area (Å²) in [6.45, 7) is 9.05. The molecular formula is C23H33FN6O4. The van der Waals surface area contributed by atoms with Crippen molar-refractivity contribution in [3.63, 3.8) is 0 Å². The van der Waals surface area contributed by atoms with E-state index in [-0.39, 0.29) is 29.5 Å². The summed E-state index contributed by atoms with van der Waals surface area (Å²) in [4.78, 5) is 34.4. The van der Waals surface area contributed by atoms with Crippen molar-refractivity contribution in [1.82, 2.24) is 15.3 Å². The fraction of sp³-hybridized carbons (Fsp3) is 0.478. The van der Waals surface area contributed by atoms with Crippen LogP contribution in [0.25, 0.3) is 0 Å². The first kappa shape index (κ1) is 26.6. The van der Waals surface area contributed by atoms with E-state index in [0.717, 1.165) is 0 Å². The monoisotopic (exact) mass is 476 g/mol. The molecule has 0 saturated carbocycles. The molecule has 0 aliphatic rings. The predicted octanol–water partition coefficient (Wildman–Crippen LogP) is 3.38. The first-order valence-electron chi connectivity index (χ1n) is 10.9. The molecule has 1 atom stereocenters. The van der Waals surface area contributed by atoms with Crippen LogP contribution in [0.1, 0.15) is 50.8 Å². The summed E-state index contributed by atoms with van der Waals surface area (Å²) in [5.74, 6) is -0.453. The normalized spacial score (nSPS) is 12.0. The van der Waals surface area contributed by atoms with Gasteiger partial charge in [0.05, 0.1) is 12.2 Å². The van der Waals surface area contributed by atoms with Crippen molar-refractivity contribution >= 4 is 29.3 Å². The number of alkyl carbamates (subject to hydrolysis) is 1. The van der Waals surface area contributed by atoms with Crippen molar-refractivity contribution < 1.29 is 23.5 Å². The van der Waals surface area contributed by atoms with Gasteiger partial charge in [-0.2, -0.15) is 0 Å². The highest BCUT2D eigenvalue weighted by atomic mass is 19.1. The molecular weight excluding hydrogens is 443 g/mol. The van der Waals surface area contributed by atoms with Gasteiger partial charge in [0.25, 0.3) is 5.91 Å². The topological polar surface area (TPSA) is 132 Å². The van der Waals surface area contributed by atoms with Crippen molar-refractivity contribution in [1.29, 1.82) is 0 Å². The minimum Gasteiger partial charge on any atom is -0.489 e. The fourth-order valence-electron chi connectivity index (χ4n) is 2.97. The third-order valence-electron chi connectivity index (χ3n) is 4.34. The number of carbonyl (C=O) groups is 2. The molecule has 0 fully saturated rings. The van der Waals surface area contributed by atoms with E-state index in [1.165, 1.54) is 12.1 Å². The molecule has 0 bridgehead atoms. The lowest BCUT2D eigenvalue weighted by atomic mass is 10.2. The van der Waals surface area contributed by atoms with E-state index in [4.69, 9.17) is 15.2 Å². The van der Waals surface area contributed by atoms with E-state index in [1.54, 1.807) is 52.8 Å². The van der Waals surface area contributed by atoms with E-state index in [9.17, 15) is 14.0 Å². The third kappa shape index (κ3) is 7.75. The number of nitrogens with one attached hydrogen (secondary N) is 2. The van der Waals surface area contributed by atoms with Crippen LogP contribution in [-0.4, -0.2) is 54.3 Å². The van der Waals surface area contributed by atoms with Gasteiger partial charge in [0.15, 0.2) is 17.3 Å². The lowest BCUT2D eigenvalue weighted by Crippen LogP contribution is -2.37. The van der Waals surface area contributed by atoms with Gasteiger partial charge in [-0.05, 0) is 40.2 Å². The Labute approximate surface area is 199 Å². The van der Waals surface area contributed by atoms with Gasteiger partial charge >= 0.3 is 6.09 Å². The Morgan fingerprint density at radius 3 is 2.44 bits per heavy atom. The maximum atomic E-state index is 14.3. The van der Waals surface area contributed by atoms with Gasteiger partial charge < -0.3 is 30.7 Å². The van der Waals surface area contributed by atoms with Crippen molar-refractivity contribution in [2.75, 3.05) is 30.9 Å². The van der Waals surface area contributed by atoms with Crippen LogP contribution in [0.4, 0.5) is 26.5 Å². The van der Waals surface area contributed by atoms with Crippen LogP contribution in [-0.2, 0) is 11.2 Å². The van der Waals surface area contributed by atoms with Crippen LogP contribution in [0.15, 0.2) is 18.2 Å². The number of aromatic nitrogens is 2. The third-order valence-corrected chi connectivity index (χ3v) is 4.34. The Morgan fingerprint density at radius 2 is 1.88 bits per heavy atom. The summed E-state index contributed by atoms with van der Waals surface area (Å²) in [5.41, 5.74) is 5.73. The zero-order valence-electron chi connectivity index (χ0n) is 20.7. The number of nitrogens with two attached hydrogens (primary N) is 1. The number of benzene rings is 1. The molecule has 4 N–H and O–H groups in total. The van der Waals surface area contributed by atoms with E-state index in [2.05, 4.69) is 20.6 Å². The summed E-state index contributed by atoms with van der Waals surface area (Å²) in [7, 11) is 3.61. The Balaban J connectivity index is 2.21. The number of nitrogens with zero attached hydrogens (tertiary/aromatic N) is 3. The molecule has 186 valence electrons. The van der Waals surface area contributed by atoms with Gasteiger partial charge in [0, 0.05) is 31.9 Å². The highest BCUT2D eigenvalue weighted by Gasteiger charge is 2.19. The molecule has 2 rings (SSSR count). The van der Waals surface area contributed by atoms with Crippen molar-refractivity contribution in [3.05, 3.63) is 35.4 Å². The molecule has 1 aromatic heterocycles. The van der Waals surface area contributed by atoms with Gasteiger partial charge in [0.2, 0.25) is 0 Å². The predicted molar refractivity (Wildman–Crippen MR) is 128 cm³/mol. The van der Waals surface area contributed by atoms with Gasteiger partial charge in [-0.25, -0.2) is 19.2 Å². The number of ether oxygens (including phenoxy) is 2. The Hall–Kier alpha value is -3.63.